The Hall–Kier alpha value is -5.12. The van der Waals surface area contributed by atoms with Gasteiger partial charge in [0.05, 0.1) is 22.3 Å². The minimum atomic E-state index is -0.629. The van der Waals surface area contributed by atoms with E-state index in [1.165, 1.54) is 61.5 Å². The Balaban J connectivity index is 1.88. The second-order valence-electron chi connectivity index (χ2n) is 6.43. The Morgan fingerprint density at radius 1 is 0.500 bits per heavy atom. The van der Waals surface area contributed by atoms with Crippen molar-refractivity contribution in [2.75, 3.05) is 0 Å². The molecule has 0 bridgehead atoms. The fourth-order valence-corrected chi connectivity index (χ4v) is 2.72. The Kier molecular flexibility index (Phi) is 8.35. The van der Waals surface area contributed by atoms with Crippen LogP contribution in [-0.2, 0) is 0 Å². The molecule has 2 aromatic carbocycles. The number of benzene rings is 2. The van der Waals surface area contributed by atoms with Gasteiger partial charge in [-0.25, -0.2) is 9.98 Å². The zero-order valence-corrected chi connectivity index (χ0v) is 17.7. The fraction of sp³-hybridized carbons (Fsp3) is 0. The van der Waals surface area contributed by atoms with Gasteiger partial charge in [0.1, 0.15) is 0 Å². The number of rotatable bonds is 0. The van der Waals surface area contributed by atoms with Crippen LogP contribution in [-0.4, -0.2) is 48.5 Å². The largest absolute Gasteiger partial charge is 0.327 e. The zero-order chi connectivity index (χ0) is 24.2. The van der Waals surface area contributed by atoms with Gasteiger partial charge in [0.2, 0.25) is 0 Å². The molecule has 0 spiro atoms. The van der Waals surface area contributed by atoms with Crippen molar-refractivity contribution in [1.29, 1.82) is 0 Å². The normalized spacial score (nSPS) is 20.7. The van der Waals surface area contributed by atoms with Gasteiger partial charge in [-0.05, 0) is 24.3 Å². The molecule has 0 fully saturated rings. The molecule has 0 saturated carbocycles. The van der Waals surface area contributed by atoms with Crippen LogP contribution < -0.4 is 10.6 Å². The fourth-order valence-electron chi connectivity index (χ4n) is 2.72. The van der Waals surface area contributed by atoms with Crippen molar-refractivity contribution in [1.82, 2.24) is 10.6 Å². The Labute approximate surface area is 194 Å². The second-order valence-corrected chi connectivity index (χ2v) is 6.43. The molecular formula is C24H18N6O4. The molecule has 1 heterocycles. The van der Waals surface area contributed by atoms with Crippen LogP contribution in [0.4, 0.5) is 0 Å². The lowest BCUT2D eigenvalue weighted by molar-refractivity contribution is 0.0948. The van der Waals surface area contributed by atoms with Gasteiger partial charge in [-0.15, -0.1) is 0 Å². The molecule has 10 nitrogen and oxygen atoms in total. The van der Waals surface area contributed by atoms with E-state index in [4.69, 9.17) is 0 Å². The van der Waals surface area contributed by atoms with Crippen molar-refractivity contribution in [2.45, 2.75) is 0 Å². The van der Waals surface area contributed by atoms with Gasteiger partial charge in [-0.2, -0.15) is 0 Å². The predicted octanol–water partition coefficient (Wildman–Crippen LogP) is 2.37. The van der Waals surface area contributed by atoms with Gasteiger partial charge in [0.15, 0.2) is 0 Å². The first-order valence-electron chi connectivity index (χ1n) is 9.88. The number of amides is 4. The topological polar surface area (TPSA) is 142 Å². The Bertz CT molecular complexity index is 1190. The van der Waals surface area contributed by atoms with Crippen LogP contribution in [0, 0.1) is 0 Å². The predicted molar refractivity (Wildman–Crippen MR) is 129 cm³/mol. The molecule has 0 aliphatic carbocycles. The molecule has 1 aliphatic rings. The number of carbonyl (C=O) groups excluding carboxylic acids is 4. The molecule has 4 amide bonds. The highest BCUT2D eigenvalue weighted by molar-refractivity contribution is 6.22. The molecule has 2 N–H and O–H groups in total. The van der Waals surface area contributed by atoms with E-state index >= 15 is 0 Å². The SMILES string of the molecule is O=C1/N=C/C=N/C=C/NC(=O)c2ccccc2C(=O)/N=C/C=N/C=C/NC(=O)c2ccccc21. The maximum absolute atomic E-state index is 12.4. The lowest BCUT2D eigenvalue weighted by Crippen LogP contribution is -2.20. The molecule has 0 saturated heterocycles. The first kappa shape index (κ1) is 23.5. The third kappa shape index (κ3) is 6.44. The molecule has 0 unspecified atom stereocenters. The lowest BCUT2D eigenvalue weighted by atomic mass is 10.1. The number of fused-ring (bicyclic) bond motifs is 2. The smallest absolute Gasteiger partial charge is 0.277 e. The van der Waals surface area contributed by atoms with Crippen molar-refractivity contribution in [3.05, 3.63) is 95.6 Å². The quantitative estimate of drug-likeness (QED) is 0.630. The van der Waals surface area contributed by atoms with E-state index in [1.807, 2.05) is 0 Å². The summed E-state index contributed by atoms with van der Waals surface area (Å²) in [5.41, 5.74) is 0.475. The van der Waals surface area contributed by atoms with Gasteiger partial charge < -0.3 is 10.6 Å². The van der Waals surface area contributed by atoms with Crippen LogP contribution in [0.5, 0.6) is 0 Å². The summed E-state index contributed by atoms with van der Waals surface area (Å²) in [7, 11) is 0. The van der Waals surface area contributed by atoms with E-state index in [2.05, 4.69) is 30.6 Å². The second kappa shape index (κ2) is 12.1. The Morgan fingerprint density at radius 2 is 0.882 bits per heavy atom. The summed E-state index contributed by atoms with van der Waals surface area (Å²) >= 11 is 0. The number of hydrogen-bond donors (Lipinski definition) is 2. The van der Waals surface area contributed by atoms with E-state index in [9.17, 15) is 19.2 Å². The third-order valence-electron chi connectivity index (χ3n) is 4.24. The molecule has 0 atom stereocenters. The summed E-state index contributed by atoms with van der Waals surface area (Å²) < 4.78 is 0. The molecule has 34 heavy (non-hydrogen) atoms. The van der Waals surface area contributed by atoms with Crippen LogP contribution in [0.3, 0.4) is 0 Å². The minimum Gasteiger partial charge on any atom is -0.327 e. The van der Waals surface area contributed by atoms with Crippen molar-refractivity contribution in [3.63, 3.8) is 0 Å². The number of hydrogen-bond acceptors (Lipinski definition) is 6. The van der Waals surface area contributed by atoms with Gasteiger partial charge in [0, 0.05) is 49.7 Å². The van der Waals surface area contributed by atoms with Crippen LogP contribution in [0.15, 0.2) is 93.3 Å². The summed E-state index contributed by atoms with van der Waals surface area (Å²) in [4.78, 5) is 64.9. The summed E-state index contributed by atoms with van der Waals surface area (Å²) in [6.07, 6.45) is 9.88. The number of carbonyl (C=O) groups is 4. The van der Waals surface area contributed by atoms with Crippen molar-refractivity contribution in [3.8, 4) is 0 Å². The van der Waals surface area contributed by atoms with E-state index in [-0.39, 0.29) is 22.3 Å². The molecule has 0 radical (unpaired) electrons. The number of nitrogens with zero attached hydrogens (tertiary/aromatic N) is 4. The first-order valence-corrected chi connectivity index (χ1v) is 9.88. The summed E-state index contributed by atoms with van der Waals surface area (Å²) in [6.45, 7) is 0. The van der Waals surface area contributed by atoms with Crippen LogP contribution >= 0.6 is 0 Å². The highest BCUT2D eigenvalue weighted by atomic mass is 16.2. The molecule has 3 rings (SSSR count). The average Bonchev–Trinajstić information content (AvgIpc) is 2.86. The van der Waals surface area contributed by atoms with E-state index in [0.29, 0.717) is 0 Å². The van der Waals surface area contributed by atoms with Crippen LogP contribution in [0.1, 0.15) is 41.4 Å². The summed E-state index contributed by atoms with van der Waals surface area (Å²) in [5.74, 6) is -2.31. The average molecular weight is 454 g/mol. The third-order valence-corrected chi connectivity index (χ3v) is 4.24. The first-order chi connectivity index (χ1) is 16.6. The maximum Gasteiger partial charge on any atom is 0.277 e. The van der Waals surface area contributed by atoms with E-state index < -0.39 is 23.6 Å². The number of nitrogens with one attached hydrogen (secondary N) is 2. The number of aliphatic imine (C=N–C) groups is 4. The molecule has 1 aliphatic heterocycles. The molecule has 0 aromatic heterocycles. The monoisotopic (exact) mass is 454 g/mol. The van der Waals surface area contributed by atoms with Crippen molar-refractivity contribution in [2.24, 2.45) is 20.0 Å². The summed E-state index contributed by atoms with van der Waals surface area (Å²) in [5, 5.41) is 4.99. The molecule has 168 valence electrons. The van der Waals surface area contributed by atoms with Gasteiger partial charge in [0.25, 0.3) is 23.6 Å². The highest BCUT2D eigenvalue weighted by Gasteiger charge is 2.15. The maximum atomic E-state index is 12.4. The molecular weight excluding hydrogens is 436 g/mol. The lowest BCUT2D eigenvalue weighted by Gasteiger charge is -2.05. The van der Waals surface area contributed by atoms with Gasteiger partial charge in [-0.1, -0.05) is 24.3 Å². The van der Waals surface area contributed by atoms with Gasteiger partial charge >= 0.3 is 0 Å². The highest BCUT2D eigenvalue weighted by Crippen LogP contribution is 2.11. The van der Waals surface area contributed by atoms with Gasteiger partial charge in [-0.3, -0.25) is 29.2 Å². The Morgan fingerprint density at radius 3 is 1.29 bits per heavy atom. The standard InChI is InChI=1S/C24H18N6O4/c31-21-17-5-1-2-6-18(17)22(32)28-14-10-26-12-16-30-24(34)20-8-4-3-7-19(20)23(33)29-15-11-25-9-13-27-21/h1-16H,(H,27,31)(H,30,34)/b13-9+,16-12+,25-11+,26-10+,28-14+,29-15+. The molecule has 10 heteroatoms. The molecule has 2 aromatic rings. The summed E-state index contributed by atoms with van der Waals surface area (Å²) in [6, 6.07) is 12.4. The van der Waals surface area contributed by atoms with Crippen LogP contribution in [0.25, 0.3) is 0 Å². The van der Waals surface area contributed by atoms with Crippen LogP contribution in [0.2, 0.25) is 0 Å². The zero-order valence-electron chi connectivity index (χ0n) is 17.7. The van der Waals surface area contributed by atoms with E-state index in [1.54, 1.807) is 24.3 Å². The van der Waals surface area contributed by atoms with Crippen molar-refractivity contribution >= 4 is 48.5 Å². The minimum absolute atomic E-state index is 0.107. The van der Waals surface area contributed by atoms with Crippen molar-refractivity contribution < 1.29 is 19.2 Å². The van der Waals surface area contributed by atoms with E-state index in [0.717, 1.165) is 12.4 Å².